The van der Waals surface area contributed by atoms with E-state index in [0.29, 0.717) is 17.7 Å². The van der Waals surface area contributed by atoms with Crippen LogP contribution >= 0.6 is 0 Å². The molecule has 1 heterocycles. The Labute approximate surface area is 124 Å². The van der Waals surface area contributed by atoms with Crippen LogP contribution < -0.4 is 5.32 Å². The number of hydrogen-bond acceptors (Lipinski definition) is 4. The molecule has 1 amide bonds. The van der Waals surface area contributed by atoms with E-state index in [2.05, 4.69) is 10.1 Å². The van der Waals surface area contributed by atoms with Crippen LogP contribution in [-0.2, 0) is 14.3 Å². The first kappa shape index (κ1) is 15.5. The number of ether oxygens (including phenoxy) is 2. The molecule has 0 unspecified atom stereocenters. The normalized spacial score (nSPS) is 17.5. The van der Waals surface area contributed by atoms with Gasteiger partial charge in [-0.3, -0.25) is 4.79 Å². The molecule has 1 N–H and O–H groups in total. The van der Waals surface area contributed by atoms with Crippen LogP contribution in [-0.4, -0.2) is 31.7 Å². The maximum atomic E-state index is 12.0. The molecule has 0 bridgehead atoms. The molecule has 2 rings (SSSR count). The van der Waals surface area contributed by atoms with Crippen LogP contribution in [0.3, 0.4) is 0 Å². The lowest BCUT2D eigenvalue weighted by Crippen LogP contribution is -2.16. The van der Waals surface area contributed by atoms with E-state index in [1.54, 1.807) is 18.2 Å². The summed E-state index contributed by atoms with van der Waals surface area (Å²) in [6.45, 7) is 2.68. The van der Waals surface area contributed by atoms with Gasteiger partial charge in [0.05, 0.1) is 18.8 Å². The van der Waals surface area contributed by atoms with Crippen LogP contribution in [0.2, 0.25) is 0 Å². The van der Waals surface area contributed by atoms with Crippen molar-refractivity contribution in [3.8, 4) is 0 Å². The fraction of sp³-hybridized carbons (Fsp3) is 0.500. The summed E-state index contributed by atoms with van der Waals surface area (Å²) < 4.78 is 10.2. The van der Waals surface area contributed by atoms with Crippen LogP contribution in [0.5, 0.6) is 0 Å². The number of aryl methyl sites for hydroxylation is 1. The van der Waals surface area contributed by atoms with Gasteiger partial charge in [-0.05, 0) is 43.9 Å². The number of anilines is 1. The van der Waals surface area contributed by atoms with Crippen LogP contribution in [0.15, 0.2) is 18.2 Å². The maximum absolute atomic E-state index is 12.0. The number of rotatable bonds is 5. The summed E-state index contributed by atoms with van der Waals surface area (Å²) in [6, 6.07) is 5.12. The van der Waals surface area contributed by atoms with Gasteiger partial charge in [0.15, 0.2) is 0 Å². The van der Waals surface area contributed by atoms with Crippen molar-refractivity contribution in [3.05, 3.63) is 29.3 Å². The van der Waals surface area contributed by atoms with Crippen molar-refractivity contribution < 1.29 is 19.1 Å². The largest absolute Gasteiger partial charge is 0.465 e. The third kappa shape index (κ3) is 4.29. The Morgan fingerprint density at radius 3 is 2.90 bits per heavy atom. The lowest BCUT2D eigenvalue weighted by molar-refractivity contribution is -0.116. The van der Waals surface area contributed by atoms with Gasteiger partial charge in [-0.25, -0.2) is 4.79 Å². The molecule has 0 saturated carbocycles. The van der Waals surface area contributed by atoms with E-state index < -0.39 is 5.97 Å². The van der Waals surface area contributed by atoms with E-state index in [1.165, 1.54) is 7.11 Å². The highest BCUT2D eigenvalue weighted by atomic mass is 16.5. The van der Waals surface area contributed by atoms with Gasteiger partial charge in [0.1, 0.15) is 0 Å². The highest BCUT2D eigenvalue weighted by Gasteiger charge is 2.17. The Kier molecular flexibility index (Phi) is 5.33. The minimum atomic E-state index is -0.412. The Morgan fingerprint density at radius 1 is 1.43 bits per heavy atom. The smallest absolute Gasteiger partial charge is 0.337 e. The molecule has 5 nitrogen and oxygen atoms in total. The lowest BCUT2D eigenvalue weighted by atomic mass is 10.1. The van der Waals surface area contributed by atoms with E-state index in [4.69, 9.17) is 4.74 Å². The number of methoxy groups -OCH3 is 1. The standard InChI is InChI=1S/C16H21NO4/c1-11-5-6-12(16(19)20-2)10-14(11)17-15(18)8-7-13-4-3-9-21-13/h5-6,10,13H,3-4,7-9H2,1-2H3,(H,17,18)/t13-/m0/s1. The zero-order valence-corrected chi connectivity index (χ0v) is 12.5. The first-order valence-corrected chi connectivity index (χ1v) is 7.20. The fourth-order valence-electron chi connectivity index (χ4n) is 2.38. The van der Waals surface area contributed by atoms with Gasteiger partial charge in [-0.2, -0.15) is 0 Å². The third-order valence-electron chi connectivity index (χ3n) is 3.65. The van der Waals surface area contributed by atoms with E-state index in [1.807, 2.05) is 6.92 Å². The van der Waals surface area contributed by atoms with Crippen molar-refractivity contribution in [3.63, 3.8) is 0 Å². The molecule has 114 valence electrons. The number of carbonyl (C=O) groups excluding carboxylic acids is 2. The average molecular weight is 291 g/mol. The molecule has 0 spiro atoms. The molecule has 0 aromatic heterocycles. The van der Waals surface area contributed by atoms with Crippen molar-refractivity contribution in [1.82, 2.24) is 0 Å². The highest BCUT2D eigenvalue weighted by Crippen LogP contribution is 2.20. The number of benzene rings is 1. The summed E-state index contributed by atoms with van der Waals surface area (Å²) in [5.74, 6) is -0.472. The molecule has 1 aliphatic heterocycles. The second-order valence-electron chi connectivity index (χ2n) is 5.24. The Morgan fingerprint density at radius 2 is 2.24 bits per heavy atom. The fourth-order valence-corrected chi connectivity index (χ4v) is 2.38. The summed E-state index contributed by atoms with van der Waals surface area (Å²) in [7, 11) is 1.34. The Hall–Kier alpha value is -1.88. The minimum absolute atomic E-state index is 0.0596. The lowest BCUT2D eigenvalue weighted by Gasteiger charge is -2.12. The molecule has 1 saturated heterocycles. The van der Waals surface area contributed by atoms with Gasteiger partial charge in [-0.15, -0.1) is 0 Å². The zero-order valence-electron chi connectivity index (χ0n) is 12.5. The number of carbonyl (C=O) groups is 2. The van der Waals surface area contributed by atoms with Crippen molar-refractivity contribution in [2.24, 2.45) is 0 Å². The number of hydrogen-bond donors (Lipinski definition) is 1. The molecule has 1 aromatic rings. The molecule has 1 atom stereocenters. The summed E-state index contributed by atoms with van der Waals surface area (Å²) in [5.41, 5.74) is 1.99. The summed E-state index contributed by atoms with van der Waals surface area (Å²) in [4.78, 5) is 23.5. The predicted octanol–water partition coefficient (Wildman–Crippen LogP) is 2.68. The average Bonchev–Trinajstić information content (AvgIpc) is 3.00. The van der Waals surface area contributed by atoms with Crippen LogP contribution in [0.25, 0.3) is 0 Å². The summed E-state index contributed by atoms with van der Waals surface area (Å²) in [6.07, 6.45) is 3.48. The zero-order chi connectivity index (χ0) is 15.2. The SMILES string of the molecule is COC(=O)c1ccc(C)c(NC(=O)CC[C@@H]2CCCO2)c1. The third-order valence-corrected chi connectivity index (χ3v) is 3.65. The van der Waals surface area contributed by atoms with E-state index >= 15 is 0 Å². The van der Waals surface area contributed by atoms with E-state index in [0.717, 1.165) is 31.4 Å². The monoisotopic (exact) mass is 291 g/mol. The van der Waals surface area contributed by atoms with Gasteiger partial charge < -0.3 is 14.8 Å². The molecule has 21 heavy (non-hydrogen) atoms. The van der Waals surface area contributed by atoms with Gasteiger partial charge in [0, 0.05) is 18.7 Å². The van der Waals surface area contributed by atoms with Crippen LogP contribution in [0, 0.1) is 6.92 Å². The second kappa shape index (κ2) is 7.22. The van der Waals surface area contributed by atoms with Gasteiger partial charge in [0.25, 0.3) is 0 Å². The van der Waals surface area contributed by atoms with Gasteiger partial charge >= 0.3 is 5.97 Å². The number of amides is 1. The van der Waals surface area contributed by atoms with Crippen molar-refractivity contribution in [2.45, 2.75) is 38.7 Å². The minimum Gasteiger partial charge on any atom is -0.465 e. The predicted molar refractivity (Wildman–Crippen MR) is 79.4 cm³/mol. The number of esters is 1. The van der Waals surface area contributed by atoms with Crippen LogP contribution in [0.4, 0.5) is 5.69 Å². The molecular formula is C16H21NO4. The first-order valence-electron chi connectivity index (χ1n) is 7.20. The van der Waals surface area contributed by atoms with Crippen LogP contribution in [0.1, 0.15) is 41.6 Å². The van der Waals surface area contributed by atoms with Crippen molar-refractivity contribution in [1.29, 1.82) is 0 Å². The Balaban J connectivity index is 1.94. The van der Waals surface area contributed by atoms with Gasteiger partial charge in [-0.1, -0.05) is 6.07 Å². The maximum Gasteiger partial charge on any atom is 0.337 e. The molecule has 1 aromatic carbocycles. The molecule has 0 aliphatic carbocycles. The summed E-state index contributed by atoms with van der Waals surface area (Å²) >= 11 is 0. The summed E-state index contributed by atoms with van der Waals surface area (Å²) in [5, 5.41) is 2.85. The second-order valence-corrected chi connectivity index (χ2v) is 5.24. The van der Waals surface area contributed by atoms with E-state index in [-0.39, 0.29) is 12.0 Å². The molecule has 5 heteroatoms. The topological polar surface area (TPSA) is 64.6 Å². The highest BCUT2D eigenvalue weighted by molar-refractivity contribution is 5.95. The number of nitrogens with one attached hydrogen (secondary N) is 1. The van der Waals surface area contributed by atoms with Crippen molar-refractivity contribution in [2.75, 3.05) is 19.0 Å². The first-order chi connectivity index (χ1) is 10.1. The van der Waals surface area contributed by atoms with Gasteiger partial charge in [0.2, 0.25) is 5.91 Å². The molecule has 1 fully saturated rings. The molecular weight excluding hydrogens is 270 g/mol. The van der Waals surface area contributed by atoms with Crippen molar-refractivity contribution >= 4 is 17.6 Å². The quantitative estimate of drug-likeness (QED) is 0.847. The molecule has 0 radical (unpaired) electrons. The van der Waals surface area contributed by atoms with E-state index in [9.17, 15) is 9.59 Å². The Bertz CT molecular complexity index is 521. The molecule has 1 aliphatic rings.